The highest BCUT2D eigenvalue weighted by molar-refractivity contribution is 6.34. The van der Waals surface area contributed by atoms with Gasteiger partial charge in [-0.3, -0.25) is 4.79 Å². The van der Waals surface area contributed by atoms with Crippen LogP contribution in [0.4, 0.5) is 4.39 Å². The monoisotopic (exact) mass is 325 g/mol. The minimum atomic E-state index is -0.633. The number of nitrogens with zero attached hydrogens (tertiary/aromatic N) is 3. The third-order valence-electron chi connectivity index (χ3n) is 3.40. The number of carbonyl (C=O) groups is 1. The Balaban J connectivity index is 1.93. The van der Waals surface area contributed by atoms with Gasteiger partial charge < -0.3 is 14.2 Å². The van der Waals surface area contributed by atoms with Gasteiger partial charge >= 0.3 is 0 Å². The third kappa shape index (κ3) is 2.69. The van der Waals surface area contributed by atoms with Gasteiger partial charge in [-0.15, -0.1) is 0 Å². The molecule has 1 fully saturated rings. The zero-order valence-electron chi connectivity index (χ0n) is 11.8. The van der Waals surface area contributed by atoms with Crippen molar-refractivity contribution in [2.24, 2.45) is 0 Å². The molecule has 0 radical (unpaired) electrons. The zero-order valence-corrected chi connectivity index (χ0v) is 12.5. The van der Waals surface area contributed by atoms with Crippen molar-refractivity contribution in [3.05, 3.63) is 46.3 Å². The van der Waals surface area contributed by atoms with E-state index < -0.39 is 17.8 Å². The lowest BCUT2D eigenvalue weighted by Gasteiger charge is -2.33. The SMILES string of the molecule is Cc1noc([C@H]2COCCN2C(=O)c2cccc(F)c2Cl)n1. The molecule has 3 rings (SSSR count). The van der Waals surface area contributed by atoms with Gasteiger partial charge in [-0.25, -0.2) is 4.39 Å². The van der Waals surface area contributed by atoms with Crippen molar-refractivity contribution in [3.63, 3.8) is 0 Å². The minimum Gasteiger partial charge on any atom is -0.377 e. The normalized spacial score (nSPS) is 18.5. The average Bonchev–Trinajstić information content (AvgIpc) is 2.96. The predicted octanol–water partition coefficient (Wildman–Crippen LogP) is 2.38. The molecular weight excluding hydrogens is 313 g/mol. The molecule has 2 aromatic rings. The molecule has 22 heavy (non-hydrogen) atoms. The zero-order chi connectivity index (χ0) is 15.7. The number of ether oxygens (including phenoxy) is 1. The second-order valence-electron chi connectivity index (χ2n) is 4.87. The van der Waals surface area contributed by atoms with Crippen molar-refractivity contribution in [1.82, 2.24) is 15.0 Å². The molecule has 1 aromatic carbocycles. The molecule has 116 valence electrons. The van der Waals surface area contributed by atoms with Crippen LogP contribution in [0.1, 0.15) is 28.1 Å². The van der Waals surface area contributed by atoms with Gasteiger partial charge in [-0.1, -0.05) is 22.8 Å². The van der Waals surface area contributed by atoms with E-state index in [1.807, 2.05) is 0 Å². The predicted molar refractivity (Wildman–Crippen MR) is 75.0 cm³/mol. The van der Waals surface area contributed by atoms with Crippen LogP contribution in [0.5, 0.6) is 0 Å². The highest BCUT2D eigenvalue weighted by atomic mass is 35.5. The van der Waals surface area contributed by atoms with E-state index in [4.69, 9.17) is 20.9 Å². The van der Waals surface area contributed by atoms with Crippen LogP contribution in [0.2, 0.25) is 5.02 Å². The van der Waals surface area contributed by atoms with Crippen LogP contribution in [0.15, 0.2) is 22.7 Å². The van der Waals surface area contributed by atoms with E-state index in [-0.39, 0.29) is 23.1 Å². The fraction of sp³-hybridized carbons (Fsp3) is 0.357. The Bertz CT molecular complexity index is 706. The molecule has 0 bridgehead atoms. The van der Waals surface area contributed by atoms with Crippen molar-refractivity contribution in [2.75, 3.05) is 19.8 Å². The van der Waals surface area contributed by atoms with Crippen LogP contribution >= 0.6 is 11.6 Å². The van der Waals surface area contributed by atoms with Crippen molar-refractivity contribution in [3.8, 4) is 0 Å². The Labute approximate surface area is 130 Å². The Hall–Kier alpha value is -1.99. The second-order valence-corrected chi connectivity index (χ2v) is 5.25. The molecule has 0 N–H and O–H groups in total. The summed E-state index contributed by atoms with van der Waals surface area (Å²) in [6.07, 6.45) is 0. The first kappa shape index (κ1) is 14.9. The van der Waals surface area contributed by atoms with E-state index >= 15 is 0 Å². The lowest BCUT2D eigenvalue weighted by atomic mass is 10.1. The summed E-state index contributed by atoms with van der Waals surface area (Å²) in [5.41, 5.74) is 0.102. The fourth-order valence-electron chi connectivity index (χ4n) is 2.32. The molecule has 1 aliphatic heterocycles. The number of hydrogen-bond acceptors (Lipinski definition) is 5. The number of halogens is 2. The van der Waals surface area contributed by atoms with Gasteiger partial charge in [0.25, 0.3) is 11.8 Å². The van der Waals surface area contributed by atoms with E-state index in [9.17, 15) is 9.18 Å². The van der Waals surface area contributed by atoms with E-state index in [0.717, 1.165) is 0 Å². The van der Waals surface area contributed by atoms with Crippen LogP contribution in [0, 0.1) is 12.7 Å². The van der Waals surface area contributed by atoms with Gasteiger partial charge in [0.15, 0.2) is 5.82 Å². The third-order valence-corrected chi connectivity index (χ3v) is 3.78. The van der Waals surface area contributed by atoms with Crippen LogP contribution < -0.4 is 0 Å². The maximum atomic E-state index is 13.6. The first-order chi connectivity index (χ1) is 10.6. The van der Waals surface area contributed by atoms with Crippen LogP contribution in [-0.2, 0) is 4.74 Å². The number of aryl methyl sites for hydroxylation is 1. The molecule has 0 aliphatic carbocycles. The summed E-state index contributed by atoms with van der Waals surface area (Å²) in [4.78, 5) is 18.3. The van der Waals surface area contributed by atoms with Crippen molar-refractivity contribution < 1.29 is 18.4 Å². The highest BCUT2D eigenvalue weighted by Crippen LogP contribution is 2.28. The van der Waals surface area contributed by atoms with Gasteiger partial charge in [-0.05, 0) is 19.1 Å². The lowest BCUT2D eigenvalue weighted by Crippen LogP contribution is -2.43. The van der Waals surface area contributed by atoms with E-state index in [2.05, 4.69) is 10.1 Å². The number of aromatic nitrogens is 2. The van der Waals surface area contributed by atoms with Crippen molar-refractivity contribution in [2.45, 2.75) is 13.0 Å². The maximum Gasteiger partial charge on any atom is 0.256 e. The number of benzene rings is 1. The molecule has 1 saturated heterocycles. The van der Waals surface area contributed by atoms with Crippen molar-refractivity contribution in [1.29, 1.82) is 0 Å². The second kappa shape index (κ2) is 6.02. The summed E-state index contributed by atoms with van der Waals surface area (Å²) in [5.74, 6) is -0.269. The number of rotatable bonds is 2. The fourth-order valence-corrected chi connectivity index (χ4v) is 2.53. The molecular formula is C14H13ClFN3O3. The van der Waals surface area contributed by atoms with Crippen LogP contribution in [-0.4, -0.2) is 40.7 Å². The Kier molecular flexibility index (Phi) is 4.08. The topological polar surface area (TPSA) is 68.5 Å². The smallest absolute Gasteiger partial charge is 0.256 e. The maximum absolute atomic E-state index is 13.6. The van der Waals surface area contributed by atoms with Crippen LogP contribution in [0.3, 0.4) is 0 Å². The summed E-state index contributed by atoms with van der Waals surface area (Å²) >= 11 is 5.90. The lowest BCUT2D eigenvalue weighted by molar-refractivity contribution is -0.0119. The molecule has 1 aromatic heterocycles. The molecule has 0 saturated carbocycles. The summed E-state index contributed by atoms with van der Waals surface area (Å²) in [6, 6.07) is 3.62. The first-order valence-electron chi connectivity index (χ1n) is 6.71. The largest absolute Gasteiger partial charge is 0.377 e. The molecule has 2 heterocycles. The minimum absolute atomic E-state index is 0.102. The van der Waals surface area contributed by atoms with Crippen molar-refractivity contribution >= 4 is 17.5 Å². The molecule has 0 spiro atoms. The molecule has 1 aliphatic rings. The summed E-state index contributed by atoms with van der Waals surface area (Å²) in [7, 11) is 0. The highest BCUT2D eigenvalue weighted by Gasteiger charge is 2.34. The van der Waals surface area contributed by atoms with Crippen LogP contribution in [0.25, 0.3) is 0 Å². The standard InChI is InChI=1S/C14H13ClFN3O3/c1-8-17-13(22-18-8)11-7-21-6-5-19(11)14(20)9-3-2-4-10(16)12(9)15/h2-4,11H,5-7H2,1H3/t11-/m1/s1. The molecule has 1 amide bonds. The van der Waals surface area contributed by atoms with Gasteiger partial charge in [-0.2, -0.15) is 4.98 Å². The van der Waals surface area contributed by atoms with E-state index in [1.165, 1.54) is 23.1 Å². The molecule has 1 atom stereocenters. The number of carbonyl (C=O) groups excluding carboxylic acids is 1. The Morgan fingerprint density at radius 1 is 1.50 bits per heavy atom. The molecule has 8 heteroatoms. The quantitative estimate of drug-likeness (QED) is 0.848. The van der Waals surface area contributed by atoms with Gasteiger partial charge in [0.05, 0.1) is 23.8 Å². The van der Waals surface area contributed by atoms with Gasteiger partial charge in [0, 0.05) is 6.54 Å². The Morgan fingerprint density at radius 2 is 2.32 bits per heavy atom. The molecule has 0 unspecified atom stereocenters. The van der Waals surface area contributed by atoms with Gasteiger partial charge in [0.1, 0.15) is 11.9 Å². The summed E-state index contributed by atoms with van der Waals surface area (Å²) < 4.78 is 24.1. The summed E-state index contributed by atoms with van der Waals surface area (Å²) in [5, 5.41) is 3.53. The number of amides is 1. The number of hydrogen-bond donors (Lipinski definition) is 0. The Morgan fingerprint density at radius 3 is 3.05 bits per heavy atom. The van der Waals surface area contributed by atoms with E-state index in [0.29, 0.717) is 19.0 Å². The van der Waals surface area contributed by atoms with E-state index in [1.54, 1.807) is 6.92 Å². The number of morpholine rings is 1. The molecule has 6 nitrogen and oxygen atoms in total. The summed E-state index contributed by atoms with van der Waals surface area (Å²) in [6.45, 7) is 2.63. The average molecular weight is 326 g/mol. The first-order valence-corrected chi connectivity index (χ1v) is 7.08. The van der Waals surface area contributed by atoms with Gasteiger partial charge in [0.2, 0.25) is 0 Å².